The SMILES string of the molecule is Cc1ccc(C)c(S(=O)(=O)N2CCN(C(=O)Cn3cc(C(F)(F)F)ccc3=O)CC2)c1. The first kappa shape index (κ1) is 23.0. The van der Waals surface area contributed by atoms with E-state index < -0.39 is 39.8 Å². The van der Waals surface area contributed by atoms with Gasteiger partial charge in [0.1, 0.15) is 6.54 Å². The molecule has 31 heavy (non-hydrogen) atoms. The van der Waals surface area contributed by atoms with Crippen molar-refractivity contribution in [2.75, 3.05) is 26.2 Å². The van der Waals surface area contributed by atoms with Crippen LogP contribution in [0.25, 0.3) is 0 Å². The van der Waals surface area contributed by atoms with Gasteiger partial charge < -0.3 is 9.47 Å². The maximum absolute atomic E-state index is 13.0. The molecule has 0 unspecified atom stereocenters. The monoisotopic (exact) mass is 457 g/mol. The summed E-state index contributed by atoms with van der Waals surface area (Å²) in [5, 5.41) is 0. The van der Waals surface area contributed by atoms with Crippen molar-refractivity contribution in [3.8, 4) is 0 Å². The van der Waals surface area contributed by atoms with Crippen LogP contribution >= 0.6 is 0 Å². The highest BCUT2D eigenvalue weighted by Gasteiger charge is 2.33. The summed E-state index contributed by atoms with van der Waals surface area (Å²) in [5.74, 6) is -0.551. The van der Waals surface area contributed by atoms with Crippen LogP contribution in [0.1, 0.15) is 16.7 Å². The summed E-state index contributed by atoms with van der Waals surface area (Å²) in [4.78, 5) is 25.9. The number of pyridine rings is 1. The van der Waals surface area contributed by atoms with Crippen molar-refractivity contribution >= 4 is 15.9 Å². The molecule has 0 radical (unpaired) electrons. The number of nitrogens with zero attached hydrogens (tertiary/aromatic N) is 3. The van der Waals surface area contributed by atoms with Crippen LogP contribution < -0.4 is 5.56 Å². The fraction of sp³-hybridized carbons (Fsp3) is 0.400. The molecule has 0 N–H and O–H groups in total. The lowest BCUT2D eigenvalue weighted by atomic mass is 10.2. The van der Waals surface area contributed by atoms with Gasteiger partial charge in [0.05, 0.1) is 10.5 Å². The van der Waals surface area contributed by atoms with E-state index in [1.165, 1.54) is 9.21 Å². The minimum atomic E-state index is -4.63. The largest absolute Gasteiger partial charge is 0.417 e. The first-order chi connectivity index (χ1) is 14.4. The fourth-order valence-corrected chi connectivity index (χ4v) is 5.10. The van der Waals surface area contributed by atoms with Gasteiger partial charge in [-0.15, -0.1) is 0 Å². The summed E-state index contributed by atoms with van der Waals surface area (Å²) >= 11 is 0. The molecule has 11 heteroatoms. The molecule has 1 aromatic carbocycles. The lowest BCUT2D eigenvalue weighted by molar-refractivity contribution is -0.139. The third-order valence-corrected chi connectivity index (χ3v) is 7.21. The van der Waals surface area contributed by atoms with Gasteiger partial charge in [-0.2, -0.15) is 17.5 Å². The molecule has 0 spiro atoms. The number of piperazine rings is 1. The molecule has 3 rings (SSSR count). The van der Waals surface area contributed by atoms with Crippen molar-refractivity contribution in [2.24, 2.45) is 0 Å². The average Bonchev–Trinajstić information content (AvgIpc) is 2.70. The van der Waals surface area contributed by atoms with Gasteiger partial charge in [0.15, 0.2) is 0 Å². The van der Waals surface area contributed by atoms with Crippen LogP contribution in [0.3, 0.4) is 0 Å². The Hall–Kier alpha value is -2.66. The van der Waals surface area contributed by atoms with Gasteiger partial charge in [-0.1, -0.05) is 12.1 Å². The molecule has 1 saturated heterocycles. The van der Waals surface area contributed by atoms with Crippen molar-refractivity contribution in [3.63, 3.8) is 0 Å². The molecule has 1 fully saturated rings. The number of carbonyl (C=O) groups is 1. The Morgan fingerprint density at radius 1 is 1.03 bits per heavy atom. The van der Waals surface area contributed by atoms with Gasteiger partial charge in [0, 0.05) is 38.4 Å². The van der Waals surface area contributed by atoms with Gasteiger partial charge in [0.2, 0.25) is 15.9 Å². The molecule has 1 aliphatic rings. The first-order valence-electron chi connectivity index (χ1n) is 9.52. The average molecular weight is 457 g/mol. The smallest absolute Gasteiger partial charge is 0.339 e. The van der Waals surface area contributed by atoms with Crippen LogP contribution in [-0.4, -0.2) is 54.3 Å². The first-order valence-corrected chi connectivity index (χ1v) is 11.0. The van der Waals surface area contributed by atoms with E-state index in [2.05, 4.69) is 0 Å². The lowest BCUT2D eigenvalue weighted by Crippen LogP contribution is -2.51. The molecular weight excluding hydrogens is 435 g/mol. The van der Waals surface area contributed by atoms with Crippen LogP contribution in [0.2, 0.25) is 0 Å². The normalized spacial score (nSPS) is 15.8. The minimum Gasteiger partial charge on any atom is -0.339 e. The number of carbonyl (C=O) groups excluding carboxylic acids is 1. The lowest BCUT2D eigenvalue weighted by Gasteiger charge is -2.34. The maximum atomic E-state index is 13.0. The molecule has 168 valence electrons. The van der Waals surface area contributed by atoms with Crippen LogP contribution in [-0.2, 0) is 27.5 Å². The topological polar surface area (TPSA) is 79.7 Å². The molecule has 7 nitrogen and oxygen atoms in total. The van der Waals surface area contributed by atoms with Crippen molar-refractivity contribution in [1.29, 1.82) is 0 Å². The molecule has 1 aromatic heterocycles. The molecule has 2 aromatic rings. The number of aromatic nitrogens is 1. The number of hydrogen-bond acceptors (Lipinski definition) is 4. The van der Waals surface area contributed by atoms with Crippen LogP contribution in [0, 0.1) is 13.8 Å². The summed E-state index contributed by atoms with van der Waals surface area (Å²) in [6.45, 7) is 3.22. The number of sulfonamides is 1. The molecule has 2 heterocycles. The van der Waals surface area contributed by atoms with Gasteiger partial charge in [-0.25, -0.2) is 8.42 Å². The number of rotatable bonds is 4. The fourth-order valence-electron chi connectivity index (χ4n) is 3.37. The van der Waals surface area contributed by atoms with E-state index >= 15 is 0 Å². The highest BCUT2D eigenvalue weighted by atomic mass is 32.2. The van der Waals surface area contributed by atoms with E-state index in [4.69, 9.17) is 0 Å². The highest BCUT2D eigenvalue weighted by Crippen LogP contribution is 2.28. The van der Waals surface area contributed by atoms with Crippen LogP contribution in [0.5, 0.6) is 0 Å². The standard InChI is InChI=1S/C20H22F3N3O4S/c1-14-3-4-15(2)17(11-14)31(29,30)26-9-7-24(8-10-26)19(28)13-25-12-16(20(21,22)23)5-6-18(25)27/h3-6,11-12H,7-10,13H2,1-2H3. The van der Waals surface area contributed by atoms with E-state index in [1.54, 1.807) is 26.0 Å². The summed E-state index contributed by atoms with van der Waals surface area (Å²) in [6, 6.07) is 6.59. The van der Waals surface area contributed by atoms with Crippen molar-refractivity contribution in [3.05, 3.63) is 63.6 Å². The molecular formula is C20H22F3N3O4S. The summed E-state index contributed by atoms with van der Waals surface area (Å²) in [7, 11) is -3.74. The predicted molar refractivity (Wildman–Crippen MR) is 107 cm³/mol. The van der Waals surface area contributed by atoms with Gasteiger partial charge >= 0.3 is 6.18 Å². The molecule has 0 atom stereocenters. The maximum Gasteiger partial charge on any atom is 0.417 e. The number of benzene rings is 1. The van der Waals surface area contributed by atoms with E-state index in [0.29, 0.717) is 22.4 Å². The Bertz CT molecular complexity index is 1150. The second-order valence-electron chi connectivity index (χ2n) is 7.44. The minimum absolute atomic E-state index is 0.0545. The Morgan fingerprint density at radius 2 is 1.68 bits per heavy atom. The number of aryl methyl sites for hydroxylation is 2. The van der Waals surface area contributed by atoms with E-state index in [-0.39, 0.29) is 31.1 Å². The Morgan fingerprint density at radius 3 is 2.29 bits per heavy atom. The van der Waals surface area contributed by atoms with E-state index in [1.807, 2.05) is 6.07 Å². The van der Waals surface area contributed by atoms with Crippen molar-refractivity contribution in [1.82, 2.24) is 13.8 Å². The summed E-state index contributed by atoms with van der Waals surface area (Å²) in [6.07, 6.45) is -4.02. The highest BCUT2D eigenvalue weighted by molar-refractivity contribution is 7.89. The quantitative estimate of drug-likeness (QED) is 0.704. The zero-order valence-electron chi connectivity index (χ0n) is 17.0. The Labute approximate surface area is 177 Å². The van der Waals surface area contributed by atoms with Gasteiger partial charge in [-0.3, -0.25) is 9.59 Å². The molecule has 0 bridgehead atoms. The summed E-state index contributed by atoms with van der Waals surface area (Å²) < 4.78 is 66.5. The van der Waals surface area contributed by atoms with Crippen molar-refractivity contribution < 1.29 is 26.4 Å². The van der Waals surface area contributed by atoms with Crippen LogP contribution in [0.4, 0.5) is 13.2 Å². The predicted octanol–water partition coefficient (Wildman–Crippen LogP) is 2.02. The zero-order valence-corrected chi connectivity index (χ0v) is 17.8. The van der Waals surface area contributed by atoms with Crippen molar-refractivity contribution in [2.45, 2.75) is 31.5 Å². The van der Waals surface area contributed by atoms with Gasteiger partial charge in [-0.05, 0) is 37.1 Å². The Kier molecular flexibility index (Phi) is 6.28. The van der Waals surface area contributed by atoms with E-state index in [9.17, 15) is 31.2 Å². The second-order valence-corrected chi connectivity index (χ2v) is 9.34. The summed E-state index contributed by atoms with van der Waals surface area (Å²) in [5.41, 5.74) is -0.320. The third-order valence-electron chi connectivity index (χ3n) is 5.17. The molecule has 1 amide bonds. The number of hydrogen-bond donors (Lipinski definition) is 0. The zero-order chi connectivity index (χ0) is 23.0. The number of halogens is 3. The Balaban J connectivity index is 1.69. The number of alkyl halides is 3. The van der Waals surface area contributed by atoms with Gasteiger partial charge in [0.25, 0.3) is 5.56 Å². The molecule has 0 aliphatic carbocycles. The second kappa shape index (κ2) is 8.46. The van der Waals surface area contributed by atoms with E-state index in [0.717, 1.165) is 11.6 Å². The number of amides is 1. The van der Waals surface area contributed by atoms with Crippen LogP contribution in [0.15, 0.2) is 46.2 Å². The molecule has 1 aliphatic heterocycles. The third kappa shape index (κ3) is 4.99. The molecule has 0 saturated carbocycles.